The molecule has 0 aliphatic rings. The predicted octanol–water partition coefficient (Wildman–Crippen LogP) is 1.18. The number of ether oxygens (including phenoxy) is 1. The highest BCUT2D eigenvalue weighted by Gasteiger charge is 2.15. The molecular formula is C15H20N2O3. The Morgan fingerprint density at radius 2 is 2.15 bits per heavy atom. The molecule has 0 radical (unpaired) electrons. The van der Waals surface area contributed by atoms with Crippen LogP contribution in [-0.4, -0.2) is 54.3 Å². The summed E-state index contributed by atoms with van der Waals surface area (Å²) in [5.41, 5.74) is 2.01. The second kappa shape index (κ2) is 7.07. The molecule has 1 amide bonds. The average Bonchev–Trinajstić information content (AvgIpc) is 2.87. The van der Waals surface area contributed by atoms with Gasteiger partial charge in [0.25, 0.3) is 0 Å². The van der Waals surface area contributed by atoms with Crippen molar-refractivity contribution >= 4 is 16.8 Å². The van der Waals surface area contributed by atoms with E-state index in [4.69, 9.17) is 9.84 Å². The van der Waals surface area contributed by atoms with Gasteiger partial charge in [-0.1, -0.05) is 18.2 Å². The summed E-state index contributed by atoms with van der Waals surface area (Å²) in [5.74, 6) is 0.000790. The quantitative estimate of drug-likeness (QED) is 0.798. The van der Waals surface area contributed by atoms with Crippen LogP contribution in [-0.2, 0) is 16.0 Å². The normalized spacial score (nSPS) is 10.9. The largest absolute Gasteiger partial charge is 0.395 e. The molecule has 5 nitrogen and oxygen atoms in total. The monoisotopic (exact) mass is 276 g/mol. The third kappa shape index (κ3) is 3.37. The minimum absolute atomic E-state index is 0.000790. The molecule has 0 saturated heterocycles. The van der Waals surface area contributed by atoms with E-state index < -0.39 is 0 Å². The molecule has 5 heteroatoms. The number of methoxy groups -OCH3 is 1. The number of rotatable bonds is 7. The molecule has 0 aliphatic heterocycles. The van der Waals surface area contributed by atoms with Gasteiger partial charge in [-0.3, -0.25) is 4.79 Å². The van der Waals surface area contributed by atoms with E-state index in [1.165, 1.54) is 0 Å². The van der Waals surface area contributed by atoms with Gasteiger partial charge < -0.3 is 19.7 Å². The molecule has 108 valence electrons. The number of carbonyl (C=O) groups excluding carboxylic acids is 1. The number of fused-ring (bicyclic) bond motifs is 1. The molecule has 2 aromatic rings. The first-order valence-electron chi connectivity index (χ1n) is 6.69. The Morgan fingerprint density at radius 1 is 1.35 bits per heavy atom. The molecule has 0 aliphatic carbocycles. The minimum Gasteiger partial charge on any atom is -0.395 e. The standard InChI is InChI=1S/C15H20N2O3/c1-20-9-7-17(6-8-18)15(19)10-12-11-16-14-5-3-2-4-13(12)14/h2-5,11,16,18H,6-10H2,1H3. The zero-order chi connectivity index (χ0) is 14.4. The second-order valence-corrected chi connectivity index (χ2v) is 4.63. The number of amides is 1. The number of para-hydroxylation sites is 1. The molecule has 0 unspecified atom stereocenters. The first-order valence-corrected chi connectivity index (χ1v) is 6.69. The number of hydrogen-bond acceptors (Lipinski definition) is 3. The highest BCUT2D eigenvalue weighted by molar-refractivity contribution is 5.88. The van der Waals surface area contributed by atoms with E-state index in [1.807, 2.05) is 30.5 Å². The number of nitrogens with zero attached hydrogens (tertiary/aromatic N) is 1. The fourth-order valence-corrected chi connectivity index (χ4v) is 2.24. The topological polar surface area (TPSA) is 65.6 Å². The molecule has 0 saturated carbocycles. The Kier molecular flexibility index (Phi) is 5.15. The summed E-state index contributed by atoms with van der Waals surface area (Å²) in [5, 5.41) is 10.1. The van der Waals surface area contributed by atoms with Gasteiger partial charge in [-0.25, -0.2) is 0 Å². The van der Waals surface area contributed by atoms with E-state index in [0.29, 0.717) is 26.1 Å². The molecular weight excluding hydrogens is 256 g/mol. The SMILES string of the molecule is COCCN(CCO)C(=O)Cc1c[nH]c2ccccc12. The van der Waals surface area contributed by atoms with E-state index in [2.05, 4.69) is 4.98 Å². The fraction of sp³-hybridized carbons (Fsp3) is 0.400. The Morgan fingerprint density at radius 3 is 2.90 bits per heavy atom. The van der Waals surface area contributed by atoms with Crippen LogP contribution < -0.4 is 0 Å². The van der Waals surface area contributed by atoms with Gasteiger partial charge in [0.1, 0.15) is 0 Å². The average molecular weight is 276 g/mol. The van der Waals surface area contributed by atoms with Crippen molar-refractivity contribution in [2.24, 2.45) is 0 Å². The van der Waals surface area contributed by atoms with Crippen molar-refractivity contribution < 1.29 is 14.6 Å². The summed E-state index contributed by atoms with van der Waals surface area (Å²) in [6.07, 6.45) is 2.20. The molecule has 1 aromatic heterocycles. The van der Waals surface area contributed by atoms with E-state index in [-0.39, 0.29) is 12.5 Å². The van der Waals surface area contributed by atoms with Crippen molar-refractivity contribution in [1.29, 1.82) is 0 Å². The third-order valence-corrected chi connectivity index (χ3v) is 3.30. The summed E-state index contributed by atoms with van der Waals surface area (Å²) < 4.78 is 4.99. The van der Waals surface area contributed by atoms with Crippen LogP contribution in [0.4, 0.5) is 0 Å². The van der Waals surface area contributed by atoms with E-state index in [9.17, 15) is 4.79 Å². The van der Waals surface area contributed by atoms with E-state index in [1.54, 1.807) is 12.0 Å². The van der Waals surface area contributed by atoms with Gasteiger partial charge in [-0.2, -0.15) is 0 Å². The summed E-state index contributed by atoms with van der Waals surface area (Å²) in [4.78, 5) is 17.1. The van der Waals surface area contributed by atoms with Crippen molar-refractivity contribution in [2.45, 2.75) is 6.42 Å². The number of aliphatic hydroxyl groups excluding tert-OH is 1. The van der Waals surface area contributed by atoms with Crippen molar-refractivity contribution in [2.75, 3.05) is 33.4 Å². The molecule has 1 aromatic carbocycles. The highest BCUT2D eigenvalue weighted by atomic mass is 16.5. The zero-order valence-corrected chi connectivity index (χ0v) is 11.6. The van der Waals surface area contributed by atoms with Gasteiger partial charge in [0.05, 0.1) is 19.6 Å². The summed E-state index contributed by atoms with van der Waals surface area (Å²) in [6, 6.07) is 7.90. The van der Waals surface area contributed by atoms with Crippen LogP contribution in [0, 0.1) is 0 Å². The van der Waals surface area contributed by atoms with Crippen LogP contribution in [0.2, 0.25) is 0 Å². The van der Waals surface area contributed by atoms with Gasteiger partial charge in [0.2, 0.25) is 5.91 Å². The number of aromatic amines is 1. The van der Waals surface area contributed by atoms with Gasteiger partial charge in [0, 0.05) is 37.3 Å². The molecule has 1 heterocycles. The van der Waals surface area contributed by atoms with Gasteiger partial charge in [-0.05, 0) is 11.6 Å². The number of aromatic nitrogens is 1. The second-order valence-electron chi connectivity index (χ2n) is 4.63. The first-order chi connectivity index (χ1) is 9.76. The van der Waals surface area contributed by atoms with Crippen LogP contribution in [0.25, 0.3) is 10.9 Å². The molecule has 0 atom stereocenters. The number of aliphatic hydroxyl groups is 1. The molecule has 20 heavy (non-hydrogen) atoms. The Balaban J connectivity index is 2.08. The molecule has 0 spiro atoms. The van der Waals surface area contributed by atoms with Crippen molar-refractivity contribution in [1.82, 2.24) is 9.88 Å². The third-order valence-electron chi connectivity index (χ3n) is 3.30. The number of carbonyl (C=O) groups is 1. The molecule has 2 N–H and O–H groups in total. The van der Waals surface area contributed by atoms with Crippen LogP contribution >= 0.6 is 0 Å². The van der Waals surface area contributed by atoms with E-state index >= 15 is 0 Å². The lowest BCUT2D eigenvalue weighted by Crippen LogP contribution is -2.37. The number of benzene rings is 1. The lowest BCUT2D eigenvalue weighted by atomic mass is 10.1. The lowest BCUT2D eigenvalue weighted by molar-refractivity contribution is -0.131. The zero-order valence-electron chi connectivity index (χ0n) is 11.6. The van der Waals surface area contributed by atoms with Gasteiger partial charge in [-0.15, -0.1) is 0 Å². The summed E-state index contributed by atoms with van der Waals surface area (Å²) in [7, 11) is 1.60. The van der Waals surface area contributed by atoms with Gasteiger partial charge >= 0.3 is 0 Å². The maximum atomic E-state index is 12.3. The van der Waals surface area contributed by atoms with E-state index in [0.717, 1.165) is 16.5 Å². The van der Waals surface area contributed by atoms with Crippen LogP contribution in [0.3, 0.4) is 0 Å². The first kappa shape index (κ1) is 14.6. The Bertz CT molecular complexity index is 565. The summed E-state index contributed by atoms with van der Waals surface area (Å²) in [6.45, 7) is 1.27. The fourth-order valence-electron chi connectivity index (χ4n) is 2.24. The highest BCUT2D eigenvalue weighted by Crippen LogP contribution is 2.18. The number of hydrogen-bond donors (Lipinski definition) is 2. The van der Waals surface area contributed by atoms with Gasteiger partial charge in [0.15, 0.2) is 0 Å². The number of nitrogens with one attached hydrogen (secondary N) is 1. The number of H-pyrrole nitrogens is 1. The molecule has 0 bridgehead atoms. The molecule has 2 rings (SSSR count). The van der Waals surface area contributed by atoms with Crippen LogP contribution in [0.5, 0.6) is 0 Å². The Hall–Kier alpha value is -1.85. The predicted molar refractivity (Wildman–Crippen MR) is 77.5 cm³/mol. The lowest BCUT2D eigenvalue weighted by Gasteiger charge is -2.21. The molecule has 0 fully saturated rings. The van der Waals surface area contributed by atoms with Crippen molar-refractivity contribution in [3.63, 3.8) is 0 Å². The smallest absolute Gasteiger partial charge is 0.227 e. The maximum absolute atomic E-state index is 12.3. The maximum Gasteiger partial charge on any atom is 0.227 e. The Labute approximate surface area is 118 Å². The van der Waals surface area contributed by atoms with Crippen molar-refractivity contribution in [3.05, 3.63) is 36.0 Å². The van der Waals surface area contributed by atoms with Crippen molar-refractivity contribution in [3.8, 4) is 0 Å². The van der Waals surface area contributed by atoms with Crippen LogP contribution in [0.1, 0.15) is 5.56 Å². The minimum atomic E-state index is -0.0384. The van der Waals surface area contributed by atoms with Crippen LogP contribution in [0.15, 0.2) is 30.5 Å². The summed E-state index contributed by atoms with van der Waals surface area (Å²) >= 11 is 0.